The normalized spacial score (nSPS) is 10.6. The third-order valence-electron chi connectivity index (χ3n) is 2.85. The average molecular weight is 294 g/mol. The van der Waals surface area contributed by atoms with E-state index in [0.717, 1.165) is 11.3 Å². The van der Waals surface area contributed by atoms with Crippen LogP contribution >= 0.6 is 0 Å². The number of aryl methyl sites for hydroxylation is 2. The van der Waals surface area contributed by atoms with E-state index < -0.39 is 18.4 Å². The topological polar surface area (TPSA) is 136 Å². The molecule has 0 spiro atoms. The highest BCUT2D eigenvalue weighted by atomic mass is 16.5. The van der Waals surface area contributed by atoms with Crippen molar-refractivity contribution in [2.45, 2.75) is 26.8 Å². The first kappa shape index (κ1) is 14.6. The molecule has 1 amide bonds. The minimum atomic E-state index is -1.11. The molecule has 2 N–H and O–H groups in total. The molecule has 0 saturated heterocycles. The highest BCUT2D eigenvalue weighted by Gasteiger charge is 2.16. The number of amides is 1. The Hall–Kier alpha value is -2.78. The summed E-state index contributed by atoms with van der Waals surface area (Å²) in [5, 5.41) is 25.7. The van der Waals surface area contributed by atoms with E-state index in [9.17, 15) is 9.59 Å². The molecule has 21 heavy (non-hydrogen) atoms. The van der Waals surface area contributed by atoms with Gasteiger partial charge in [0.2, 0.25) is 5.91 Å². The lowest BCUT2D eigenvalue weighted by molar-refractivity contribution is -0.137. The second kappa shape index (κ2) is 6.11. The first-order valence-corrected chi connectivity index (χ1v) is 6.12. The van der Waals surface area contributed by atoms with E-state index in [0.29, 0.717) is 18.1 Å². The Kier molecular flexibility index (Phi) is 4.26. The molecule has 0 unspecified atom stereocenters. The van der Waals surface area contributed by atoms with Crippen LogP contribution in [-0.4, -0.2) is 48.9 Å². The second-order valence-corrected chi connectivity index (χ2v) is 4.40. The summed E-state index contributed by atoms with van der Waals surface area (Å²) in [4.78, 5) is 22.0. The lowest BCUT2D eigenvalue weighted by Gasteiger charge is -2.04. The Morgan fingerprint density at radius 2 is 2.14 bits per heavy atom. The zero-order valence-electron chi connectivity index (χ0n) is 11.5. The Labute approximate surface area is 119 Å². The van der Waals surface area contributed by atoms with Crippen molar-refractivity contribution >= 4 is 11.9 Å². The number of rotatable bonds is 6. The van der Waals surface area contributed by atoms with Gasteiger partial charge in [-0.2, -0.15) is 0 Å². The maximum absolute atomic E-state index is 11.6. The van der Waals surface area contributed by atoms with Crippen molar-refractivity contribution in [3.05, 3.63) is 22.8 Å². The van der Waals surface area contributed by atoms with Gasteiger partial charge in [-0.25, -0.2) is 4.68 Å². The number of aliphatic carboxylic acids is 1. The van der Waals surface area contributed by atoms with Gasteiger partial charge in [-0.15, -0.1) is 5.10 Å². The van der Waals surface area contributed by atoms with Crippen LogP contribution in [-0.2, 0) is 22.6 Å². The minimum Gasteiger partial charge on any atom is -0.480 e. The first-order valence-electron chi connectivity index (χ1n) is 6.12. The molecule has 0 fully saturated rings. The third-order valence-corrected chi connectivity index (χ3v) is 2.85. The van der Waals surface area contributed by atoms with Crippen LogP contribution in [0.1, 0.15) is 22.8 Å². The van der Waals surface area contributed by atoms with Crippen molar-refractivity contribution in [2.24, 2.45) is 0 Å². The molecule has 0 radical (unpaired) electrons. The number of aromatic nitrogens is 5. The van der Waals surface area contributed by atoms with E-state index >= 15 is 0 Å². The fourth-order valence-electron chi connectivity index (χ4n) is 1.73. The molecule has 10 nitrogen and oxygen atoms in total. The zero-order valence-corrected chi connectivity index (χ0v) is 11.5. The van der Waals surface area contributed by atoms with Gasteiger partial charge in [-0.05, 0) is 24.3 Å². The van der Waals surface area contributed by atoms with E-state index in [1.54, 1.807) is 13.8 Å². The minimum absolute atomic E-state index is 0.107. The van der Waals surface area contributed by atoms with E-state index in [2.05, 4.69) is 26.0 Å². The van der Waals surface area contributed by atoms with Crippen molar-refractivity contribution in [3.63, 3.8) is 0 Å². The van der Waals surface area contributed by atoms with Crippen molar-refractivity contribution in [1.82, 2.24) is 30.7 Å². The van der Waals surface area contributed by atoms with Crippen LogP contribution in [0.3, 0.4) is 0 Å². The van der Waals surface area contributed by atoms with Crippen molar-refractivity contribution in [3.8, 4) is 0 Å². The van der Waals surface area contributed by atoms with Gasteiger partial charge in [-0.1, -0.05) is 5.16 Å². The molecule has 0 aliphatic heterocycles. The summed E-state index contributed by atoms with van der Waals surface area (Å²) >= 11 is 0. The molecule has 2 heterocycles. The summed E-state index contributed by atoms with van der Waals surface area (Å²) in [7, 11) is 0. The van der Waals surface area contributed by atoms with Crippen LogP contribution in [0.4, 0.5) is 0 Å². The second-order valence-electron chi connectivity index (χ2n) is 4.40. The number of carboxylic acids is 1. The van der Waals surface area contributed by atoms with E-state index in [1.807, 2.05) is 0 Å². The number of carbonyl (C=O) groups excluding carboxylic acids is 1. The van der Waals surface area contributed by atoms with E-state index in [4.69, 9.17) is 9.63 Å². The molecule has 0 aliphatic rings. The molecule has 10 heteroatoms. The third kappa shape index (κ3) is 3.61. The maximum atomic E-state index is 11.6. The number of tetrazole rings is 1. The fourth-order valence-corrected chi connectivity index (χ4v) is 1.73. The molecule has 0 aliphatic carbocycles. The molecular weight excluding hydrogens is 280 g/mol. The predicted octanol–water partition coefficient (Wildman–Crippen LogP) is -0.930. The van der Waals surface area contributed by atoms with E-state index in [1.165, 1.54) is 4.68 Å². The monoisotopic (exact) mass is 294 g/mol. The van der Waals surface area contributed by atoms with Crippen LogP contribution in [0.25, 0.3) is 0 Å². The zero-order chi connectivity index (χ0) is 15.4. The summed E-state index contributed by atoms with van der Waals surface area (Å²) in [5.41, 5.74) is 1.57. The predicted molar refractivity (Wildman–Crippen MR) is 67.2 cm³/mol. The van der Waals surface area contributed by atoms with Gasteiger partial charge in [0.05, 0.1) is 18.7 Å². The molecule has 0 saturated carbocycles. The van der Waals surface area contributed by atoms with Crippen LogP contribution in [0, 0.1) is 13.8 Å². The molecule has 2 aromatic heterocycles. The van der Waals surface area contributed by atoms with Crippen LogP contribution < -0.4 is 5.32 Å². The number of carbonyl (C=O) groups is 2. The van der Waals surface area contributed by atoms with Gasteiger partial charge in [0, 0.05) is 5.56 Å². The molecular formula is C11H14N6O4. The standard InChI is InChI=1S/C11H14N6O4/c1-6-8(7(2)21-14-6)5-17-9(13-15-16-17)3-10(18)12-4-11(19)20/h3-5H2,1-2H3,(H,12,18)(H,19,20). The SMILES string of the molecule is Cc1noc(C)c1Cn1nnnc1CC(=O)NCC(=O)O. The molecule has 2 aromatic rings. The Bertz CT molecular complexity index is 642. The van der Waals surface area contributed by atoms with Gasteiger partial charge in [0.15, 0.2) is 5.82 Å². The van der Waals surface area contributed by atoms with Crippen molar-refractivity contribution < 1.29 is 19.2 Å². The average Bonchev–Trinajstić information content (AvgIpc) is 2.98. The van der Waals surface area contributed by atoms with Crippen molar-refractivity contribution in [1.29, 1.82) is 0 Å². The molecule has 0 atom stereocenters. The molecule has 0 bridgehead atoms. The van der Waals surface area contributed by atoms with Gasteiger partial charge in [-0.3, -0.25) is 9.59 Å². The smallest absolute Gasteiger partial charge is 0.322 e. The molecule has 112 valence electrons. The highest BCUT2D eigenvalue weighted by molar-refractivity contribution is 5.82. The fraction of sp³-hybridized carbons (Fsp3) is 0.455. The number of nitrogens with one attached hydrogen (secondary N) is 1. The van der Waals surface area contributed by atoms with Crippen LogP contribution in [0.2, 0.25) is 0 Å². The Morgan fingerprint density at radius 3 is 2.76 bits per heavy atom. The van der Waals surface area contributed by atoms with Crippen molar-refractivity contribution in [2.75, 3.05) is 6.54 Å². The summed E-state index contributed by atoms with van der Waals surface area (Å²) in [6, 6.07) is 0. The van der Waals surface area contributed by atoms with Gasteiger partial charge in [0.25, 0.3) is 0 Å². The Balaban J connectivity index is 2.05. The van der Waals surface area contributed by atoms with Crippen LogP contribution in [0.15, 0.2) is 4.52 Å². The van der Waals surface area contributed by atoms with Gasteiger partial charge >= 0.3 is 5.97 Å². The lowest BCUT2D eigenvalue weighted by Crippen LogP contribution is -2.31. The summed E-state index contributed by atoms with van der Waals surface area (Å²) in [6.07, 6.45) is -0.107. The summed E-state index contributed by atoms with van der Waals surface area (Å²) in [5.74, 6) is -0.590. The summed E-state index contributed by atoms with van der Waals surface area (Å²) in [6.45, 7) is 3.47. The van der Waals surface area contributed by atoms with Gasteiger partial charge < -0.3 is 14.9 Å². The maximum Gasteiger partial charge on any atom is 0.322 e. The summed E-state index contributed by atoms with van der Waals surface area (Å²) < 4.78 is 6.50. The molecule has 2 rings (SSSR count). The lowest BCUT2D eigenvalue weighted by atomic mass is 10.2. The number of hydrogen-bond acceptors (Lipinski definition) is 7. The first-order chi connectivity index (χ1) is 9.97. The highest BCUT2D eigenvalue weighted by Crippen LogP contribution is 2.13. The molecule has 0 aromatic carbocycles. The Morgan fingerprint density at radius 1 is 1.38 bits per heavy atom. The quantitative estimate of drug-likeness (QED) is 0.697. The number of carboxylic acid groups (broad SMARTS) is 1. The van der Waals surface area contributed by atoms with E-state index in [-0.39, 0.29) is 6.42 Å². The largest absolute Gasteiger partial charge is 0.480 e. The number of nitrogens with zero attached hydrogens (tertiary/aromatic N) is 5. The van der Waals surface area contributed by atoms with Gasteiger partial charge in [0.1, 0.15) is 12.3 Å². The number of hydrogen-bond donors (Lipinski definition) is 2. The van der Waals surface area contributed by atoms with Crippen LogP contribution in [0.5, 0.6) is 0 Å².